The van der Waals surface area contributed by atoms with Crippen LogP contribution in [-0.2, 0) is 26.0 Å². The zero-order chi connectivity index (χ0) is 17.2. The van der Waals surface area contributed by atoms with Crippen molar-refractivity contribution in [2.45, 2.75) is 31.5 Å². The first-order valence-corrected chi connectivity index (χ1v) is 10.1. The van der Waals surface area contributed by atoms with Gasteiger partial charge in [-0.3, -0.25) is 9.78 Å². The van der Waals surface area contributed by atoms with Crippen LogP contribution >= 0.6 is 0 Å². The predicted octanol–water partition coefficient (Wildman–Crippen LogP) is 0.179. The summed E-state index contributed by atoms with van der Waals surface area (Å²) in [6.45, 7) is 1.37. The van der Waals surface area contributed by atoms with Crippen LogP contribution in [0.1, 0.15) is 18.5 Å². The lowest BCUT2D eigenvalue weighted by molar-refractivity contribution is -0.132. The van der Waals surface area contributed by atoms with E-state index < -0.39 is 16.1 Å². The highest BCUT2D eigenvalue weighted by Gasteiger charge is 2.43. The largest absolute Gasteiger partial charge is 0.363 e. The van der Waals surface area contributed by atoms with Gasteiger partial charge in [0.1, 0.15) is 6.10 Å². The lowest BCUT2D eigenvalue weighted by atomic mass is 9.93. The minimum absolute atomic E-state index is 0.119. The molecule has 24 heavy (non-hydrogen) atoms. The molecule has 0 spiro atoms. The zero-order valence-electron chi connectivity index (χ0n) is 13.7. The van der Waals surface area contributed by atoms with Crippen LogP contribution in [0.2, 0.25) is 0 Å². The molecule has 1 aromatic heterocycles. The summed E-state index contributed by atoms with van der Waals surface area (Å²) < 4.78 is 30.6. The molecule has 2 aliphatic rings. The maximum atomic E-state index is 12.3. The molecule has 0 bridgehead atoms. The van der Waals surface area contributed by atoms with Crippen LogP contribution < -0.4 is 5.32 Å². The molecule has 0 aromatic carbocycles. The van der Waals surface area contributed by atoms with Gasteiger partial charge >= 0.3 is 0 Å². The summed E-state index contributed by atoms with van der Waals surface area (Å²) in [5.74, 6) is 0.140. The van der Waals surface area contributed by atoms with Gasteiger partial charge in [0.05, 0.1) is 12.4 Å². The molecule has 8 heteroatoms. The van der Waals surface area contributed by atoms with E-state index in [4.69, 9.17) is 4.74 Å². The first kappa shape index (κ1) is 17.3. The number of carbonyl (C=O) groups is 1. The summed E-state index contributed by atoms with van der Waals surface area (Å²) in [5, 5.41) is 2.89. The number of nitrogens with zero attached hydrogens (tertiary/aromatic N) is 2. The molecule has 0 aliphatic carbocycles. The Labute approximate surface area is 142 Å². The van der Waals surface area contributed by atoms with Crippen LogP contribution in [0, 0.1) is 5.92 Å². The van der Waals surface area contributed by atoms with E-state index in [2.05, 4.69) is 10.3 Å². The van der Waals surface area contributed by atoms with Crippen LogP contribution in [0.15, 0.2) is 24.4 Å². The normalized spacial score (nSPS) is 27.6. The number of rotatable bonds is 5. The third-order valence-electron chi connectivity index (χ3n) is 4.68. The molecule has 3 heterocycles. The fourth-order valence-electron chi connectivity index (χ4n) is 3.35. The number of hydrogen-bond donors (Lipinski definition) is 1. The molecule has 1 aromatic rings. The van der Waals surface area contributed by atoms with Gasteiger partial charge in [0.15, 0.2) is 0 Å². The summed E-state index contributed by atoms with van der Waals surface area (Å²) >= 11 is 0. The van der Waals surface area contributed by atoms with Crippen LogP contribution in [-0.4, -0.2) is 61.7 Å². The highest BCUT2D eigenvalue weighted by atomic mass is 32.2. The first-order valence-electron chi connectivity index (χ1n) is 8.21. The number of aromatic nitrogens is 1. The minimum Gasteiger partial charge on any atom is -0.363 e. The molecule has 3 atom stereocenters. The van der Waals surface area contributed by atoms with Gasteiger partial charge in [-0.05, 0) is 30.9 Å². The zero-order valence-corrected chi connectivity index (χ0v) is 14.5. The van der Waals surface area contributed by atoms with Crippen LogP contribution in [0.4, 0.5) is 0 Å². The maximum absolute atomic E-state index is 12.3. The van der Waals surface area contributed by atoms with Crippen molar-refractivity contribution in [3.05, 3.63) is 30.1 Å². The van der Waals surface area contributed by atoms with Gasteiger partial charge in [-0.2, -0.15) is 4.31 Å². The Balaban J connectivity index is 1.48. The molecule has 2 aliphatic heterocycles. The second kappa shape index (κ2) is 7.16. The number of pyridine rings is 1. The Morgan fingerprint density at radius 1 is 1.46 bits per heavy atom. The lowest BCUT2D eigenvalue weighted by Crippen LogP contribution is -2.45. The minimum atomic E-state index is -3.20. The molecular weight excluding hydrogens is 330 g/mol. The van der Waals surface area contributed by atoms with Crippen molar-refractivity contribution in [1.82, 2.24) is 14.6 Å². The van der Waals surface area contributed by atoms with Gasteiger partial charge in [0.2, 0.25) is 15.9 Å². The van der Waals surface area contributed by atoms with E-state index in [0.717, 1.165) is 12.1 Å². The Morgan fingerprint density at radius 2 is 2.29 bits per heavy atom. The van der Waals surface area contributed by atoms with E-state index in [1.165, 1.54) is 10.6 Å². The van der Waals surface area contributed by atoms with Crippen molar-refractivity contribution >= 4 is 15.9 Å². The molecule has 1 amide bonds. The van der Waals surface area contributed by atoms with Crippen LogP contribution in [0.5, 0.6) is 0 Å². The van der Waals surface area contributed by atoms with Gasteiger partial charge in [-0.25, -0.2) is 8.42 Å². The molecular formula is C16H23N3O4S. The Hall–Kier alpha value is -1.51. The van der Waals surface area contributed by atoms with E-state index in [-0.39, 0.29) is 17.9 Å². The number of piperidine rings is 1. The highest BCUT2D eigenvalue weighted by Crippen LogP contribution is 2.33. The molecule has 7 nitrogen and oxygen atoms in total. The highest BCUT2D eigenvalue weighted by molar-refractivity contribution is 7.88. The van der Waals surface area contributed by atoms with E-state index >= 15 is 0 Å². The fourth-order valence-corrected chi connectivity index (χ4v) is 4.20. The van der Waals surface area contributed by atoms with Crippen molar-refractivity contribution < 1.29 is 17.9 Å². The molecule has 2 saturated heterocycles. The van der Waals surface area contributed by atoms with Gasteiger partial charge in [-0.1, -0.05) is 6.07 Å². The van der Waals surface area contributed by atoms with Crippen LogP contribution in [0.25, 0.3) is 0 Å². The fraction of sp³-hybridized carbons (Fsp3) is 0.625. The second-order valence-corrected chi connectivity index (χ2v) is 8.41. The summed E-state index contributed by atoms with van der Waals surface area (Å²) in [6, 6.07) is 5.70. The molecule has 0 saturated carbocycles. The molecule has 3 rings (SSSR count). The van der Waals surface area contributed by atoms with E-state index in [0.29, 0.717) is 32.5 Å². The van der Waals surface area contributed by atoms with Crippen molar-refractivity contribution in [3.63, 3.8) is 0 Å². The predicted molar refractivity (Wildman–Crippen MR) is 88.8 cm³/mol. The van der Waals surface area contributed by atoms with Gasteiger partial charge in [0, 0.05) is 37.9 Å². The Kier molecular flexibility index (Phi) is 5.17. The number of amides is 1. The van der Waals surface area contributed by atoms with E-state index in [1.807, 2.05) is 18.2 Å². The van der Waals surface area contributed by atoms with Crippen molar-refractivity contribution in [2.75, 3.05) is 25.9 Å². The van der Waals surface area contributed by atoms with E-state index in [9.17, 15) is 13.2 Å². The summed E-state index contributed by atoms with van der Waals surface area (Å²) in [7, 11) is -3.20. The maximum Gasteiger partial charge on any atom is 0.249 e. The second-order valence-electron chi connectivity index (χ2n) is 6.43. The SMILES string of the molecule is CS(=O)(=O)N1CC[C@@H]2C[C@H](C(=O)NCCc3ccccn3)O[C@H]2C1. The first-order chi connectivity index (χ1) is 11.4. The summed E-state index contributed by atoms with van der Waals surface area (Å²) in [5.41, 5.74) is 0.933. The molecule has 1 N–H and O–H groups in total. The third-order valence-corrected chi connectivity index (χ3v) is 5.95. The quantitative estimate of drug-likeness (QED) is 0.816. The smallest absolute Gasteiger partial charge is 0.249 e. The monoisotopic (exact) mass is 353 g/mol. The standard InChI is InChI=1S/C16H23N3O4S/c1-24(21,22)19-9-6-12-10-14(23-15(12)11-19)16(20)18-8-5-13-4-2-3-7-17-13/h2-4,7,12,14-15H,5-6,8-11H2,1H3,(H,18,20)/t12-,14-,15+/m1/s1. The number of ether oxygens (including phenoxy) is 1. The molecule has 2 fully saturated rings. The summed E-state index contributed by atoms with van der Waals surface area (Å²) in [4.78, 5) is 16.5. The number of nitrogens with one attached hydrogen (secondary N) is 1. The Bertz CT molecular complexity index is 680. The van der Waals surface area contributed by atoms with E-state index in [1.54, 1.807) is 6.20 Å². The topological polar surface area (TPSA) is 88.6 Å². The number of hydrogen-bond acceptors (Lipinski definition) is 5. The third kappa shape index (κ3) is 4.12. The molecule has 132 valence electrons. The summed E-state index contributed by atoms with van der Waals surface area (Å²) in [6.07, 6.45) is 4.36. The van der Waals surface area contributed by atoms with Gasteiger partial charge in [0.25, 0.3) is 0 Å². The average Bonchev–Trinajstić information content (AvgIpc) is 2.98. The van der Waals surface area contributed by atoms with Gasteiger partial charge in [-0.15, -0.1) is 0 Å². The average molecular weight is 353 g/mol. The number of fused-ring (bicyclic) bond motifs is 1. The van der Waals surface area contributed by atoms with Gasteiger partial charge < -0.3 is 10.1 Å². The molecule has 0 radical (unpaired) electrons. The Morgan fingerprint density at radius 3 is 3.00 bits per heavy atom. The molecule has 0 unspecified atom stereocenters. The number of sulfonamides is 1. The number of carbonyl (C=O) groups excluding carboxylic acids is 1. The van der Waals surface area contributed by atoms with Crippen molar-refractivity contribution in [2.24, 2.45) is 5.92 Å². The van der Waals surface area contributed by atoms with Crippen molar-refractivity contribution in [3.8, 4) is 0 Å². The van der Waals surface area contributed by atoms with Crippen molar-refractivity contribution in [1.29, 1.82) is 0 Å². The lowest BCUT2D eigenvalue weighted by Gasteiger charge is -2.32. The van der Waals surface area contributed by atoms with Crippen LogP contribution in [0.3, 0.4) is 0 Å².